The fourth-order valence-corrected chi connectivity index (χ4v) is 0.306. The molecular formula is C4H7FN2O2. The van der Waals surface area contributed by atoms with Gasteiger partial charge in [-0.1, -0.05) is 0 Å². The number of carbonyl (C=O) groups is 2. The minimum absolute atomic E-state index is 0.196. The lowest BCUT2D eigenvalue weighted by Gasteiger charge is -2.07. The van der Waals surface area contributed by atoms with Gasteiger partial charge in [0.05, 0.1) is 6.54 Å². The average molecular weight is 134 g/mol. The molecule has 3 amide bonds. The first-order valence-electron chi connectivity index (χ1n) is 2.29. The summed E-state index contributed by atoms with van der Waals surface area (Å²) in [4.78, 5) is 20.4. The summed E-state index contributed by atoms with van der Waals surface area (Å²) in [6.45, 7) is -1.03. The van der Waals surface area contributed by atoms with Crippen molar-refractivity contribution in [1.29, 1.82) is 0 Å². The smallest absolute Gasteiger partial charge is 0.321 e. The molecule has 0 bridgehead atoms. The van der Waals surface area contributed by atoms with Crippen LogP contribution in [0.2, 0.25) is 0 Å². The SMILES string of the molecule is NC(=O)N(C=O)CCF. The number of nitrogens with zero attached hydrogens (tertiary/aromatic N) is 1. The van der Waals surface area contributed by atoms with E-state index < -0.39 is 12.7 Å². The van der Waals surface area contributed by atoms with Crippen LogP contribution in [0.4, 0.5) is 9.18 Å². The Morgan fingerprint density at radius 2 is 2.33 bits per heavy atom. The van der Waals surface area contributed by atoms with Crippen LogP contribution in [0, 0.1) is 0 Å². The lowest BCUT2D eigenvalue weighted by Crippen LogP contribution is -2.35. The molecule has 0 unspecified atom stereocenters. The molecule has 5 heteroatoms. The zero-order chi connectivity index (χ0) is 7.28. The van der Waals surface area contributed by atoms with Gasteiger partial charge in [-0.25, -0.2) is 9.18 Å². The van der Waals surface area contributed by atoms with Crippen LogP contribution in [0.25, 0.3) is 0 Å². The third-order valence-corrected chi connectivity index (χ3v) is 0.736. The van der Waals surface area contributed by atoms with Crippen molar-refractivity contribution in [3.05, 3.63) is 0 Å². The van der Waals surface area contributed by atoms with E-state index in [4.69, 9.17) is 0 Å². The minimum atomic E-state index is -0.928. The lowest BCUT2D eigenvalue weighted by molar-refractivity contribution is -0.115. The van der Waals surface area contributed by atoms with Gasteiger partial charge in [-0.3, -0.25) is 9.69 Å². The first kappa shape index (κ1) is 7.87. The molecule has 0 aromatic rings. The predicted octanol–water partition coefficient (Wildman–Crippen LogP) is -0.507. The molecule has 0 aliphatic carbocycles. The Labute approximate surface area is 51.4 Å². The van der Waals surface area contributed by atoms with Gasteiger partial charge in [-0.05, 0) is 0 Å². The van der Waals surface area contributed by atoms with Crippen LogP contribution in [-0.2, 0) is 4.79 Å². The standard InChI is InChI=1S/C4H7FN2O2/c5-1-2-7(3-8)4(6)9/h3H,1-2H2,(H2,6,9). The van der Waals surface area contributed by atoms with E-state index in [9.17, 15) is 14.0 Å². The number of halogens is 1. The summed E-state index contributed by atoms with van der Waals surface area (Å²) in [7, 11) is 0. The van der Waals surface area contributed by atoms with Gasteiger partial charge < -0.3 is 5.73 Å². The number of amides is 3. The average Bonchev–Trinajstić information content (AvgIpc) is 1.82. The molecule has 0 spiro atoms. The van der Waals surface area contributed by atoms with Crippen LogP contribution in [0.15, 0.2) is 0 Å². The van der Waals surface area contributed by atoms with E-state index in [2.05, 4.69) is 5.73 Å². The zero-order valence-corrected chi connectivity index (χ0v) is 4.71. The number of nitrogens with two attached hydrogens (primary N) is 1. The highest BCUT2D eigenvalue weighted by molar-refractivity contribution is 5.83. The third kappa shape index (κ3) is 2.63. The largest absolute Gasteiger partial charge is 0.351 e. The number of alkyl halides is 1. The van der Waals surface area contributed by atoms with Gasteiger partial charge in [0.25, 0.3) is 0 Å². The number of rotatable bonds is 3. The summed E-state index contributed by atoms with van der Waals surface area (Å²) in [6.07, 6.45) is 0.196. The number of carbonyl (C=O) groups excluding carboxylic acids is 2. The van der Waals surface area contributed by atoms with E-state index in [1.165, 1.54) is 0 Å². The maximum Gasteiger partial charge on any atom is 0.321 e. The fraction of sp³-hybridized carbons (Fsp3) is 0.500. The first-order valence-corrected chi connectivity index (χ1v) is 2.29. The Balaban J connectivity index is 3.68. The van der Waals surface area contributed by atoms with Crippen molar-refractivity contribution in [3.8, 4) is 0 Å². The van der Waals surface area contributed by atoms with Crippen molar-refractivity contribution >= 4 is 12.4 Å². The highest BCUT2D eigenvalue weighted by Crippen LogP contribution is 1.80. The zero-order valence-electron chi connectivity index (χ0n) is 4.71. The van der Waals surface area contributed by atoms with E-state index in [-0.39, 0.29) is 13.0 Å². The summed E-state index contributed by atoms with van der Waals surface area (Å²) in [5.41, 5.74) is 4.62. The second kappa shape index (κ2) is 3.82. The molecule has 0 aromatic carbocycles. The molecule has 0 fully saturated rings. The number of hydrogen-bond donors (Lipinski definition) is 1. The van der Waals surface area contributed by atoms with Gasteiger partial charge in [0.2, 0.25) is 6.41 Å². The van der Waals surface area contributed by atoms with Gasteiger partial charge >= 0.3 is 6.03 Å². The monoisotopic (exact) mass is 134 g/mol. The number of urea groups is 1. The van der Waals surface area contributed by atoms with E-state index in [1.54, 1.807) is 0 Å². The van der Waals surface area contributed by atoms with E-state index in [0.29, 0.717) is 4.90 Å². The molecule has 0 rings (SSSR count). The highest BCUT2D eigenvalue weighted by Gasteiger charge is 2.04. The molecule has 0 aliphatic rings. The van der Waals surface area contributed by atoms with Gasteiger partial charge in [0, 0.05) is 0 Å². The molecular weight excluding hydrogens is 127 g/mol. The van der Waals surface area contributed by atoms with E-state index in [1.807, 2.05) is 0 Å². The first-order chi connectivity index (χ1) is 4.22. The summed E-state index contributed by atoms with van der Waals surface area (Å²) in [5.74, 6) is 0. The quantitative estimate of drug-likeness (QED) is 0.528. The lowest BCUT2D eigenvalue weighted by atomic mass is 10.6. The molecule has 0 atom stereocenters. The molecule has 0 aromatic heterocycles. The maximum absolute atomic E-state index is 11.4. The molecule has 0 heterocycles. The summed E-state index contributed by atoms with van der Waals surface area (Å²) >= 11 is 0. The van der Waals surface area contributed by atoms with Crippen LogP contribution in [0.3, 0.4) is 0 Å². The second-order valence-corrected chi connectivity index (χ2v) is 1.33. The Kier molecular flexibility index (Phi) is 3.34. The molecule has 9 heavy (non-hydrogen) atoms. The van der Waals surface area contributed by atoms with Crippen LogP contribution in [0.5, 0.6) is 0 Å². The van der Waals surface area contributed by atoms with E-state index >= 15 is 0 Å². The van der Waals surface area contributed by atoms with Crippen molar-refractivity contribution in [2.24, 2.45) is 5.73 Å². The Morgan fingerprint density at radius 3 is 2.44 bits per heavy atom. The fourth-order valence-electron chi connectivity index (χ4n) is 0.306. The maximum atomic E-state index is 11.4. The predicted molar refractivity (Wildman–Crippen MR) is 28.3 cm³/mol. The second-order valence-electron chi connectivity index (χ2n) is 1.33. The number of hydrogen-bond acceptors (Lipinski definition) is 2. The molecule has 0 saturated heterocycles. The molecule has 2 N–H and O–H groups in total. The molecule has 0 saturated carbocycles. The van der Waals surface area contributed by atoms with Crippen molar-refractivity contribution in [2.75, 3.05) is 13.2 Å². The van der Waals surface area contributed by atoms with Crippen molar-refractivity contribution < 1.29 is 14.0 Å². The number of primary amides is 1. The highest BCUT2D eigenvalue weighted by atomic mass is 19.1. The van der Waals surface area contributed by atoms with Crippen molar-refractivity contribution in [2.45, 2.75) is 0 Å². The summed E-state index contributed by atoms with van der Waals surface area (Å²) in [5, 5.41) is 0. The van der Waals surface area contributed by atoms with Gasteiger partial charge in [0.15, 0.2) is 0 Å². The van der Waals surface area contributed by atoms with Gasteiger partial charge in [-0.2, -0.15) is 0 Å². The minimum Gasteiger partial charge on any atom is -0.351 e. The van der Waals surface area contributed by atoms with Crippen LogP contribution < -0.4 is 5.73 Å². The van der Waals surface area contributed by atoms with Crippen molar-refractivity contribution in [3.63, 3.8) is 0 Å². The van der Waals surface area contributed by atoms with Crippen LogP contribution in [-0.4, -0.2) is 30.6 Å². The van der Waals surface area contributed by atoms with Crippen LogP contribution >= 0.6 is 0 Å². The molecule has 4 nitrogen and oxygen atoms in total. The number of imide groups is 1. The molecule has 0 radical (unpaired) electrons. The topological polar surface area (TPSA) is 63.4 Å². The van der Waals surface area contributed by atoms with E-state index in [0.717, 1.165) is 0 Å². The summed E-state index contributed by atoms with van der Waals surface area (Å²) < 4.78 is 11.4. The Bertz CT molecular complexity index is 117. The van der Waals surface area contributed by atoms with Gasteiger partial charge in [-0.15, -0.1) is 0 Å². The normalized spacial score (nSPS) is 8.56. The van der Waals surface area contributed by atoms with Crippen molar-refractivity contribution in [1.82, 2.24) is 4.90 Å². The summed E-state index contributed by atoms with van der Waals surface area (Å²) in [6, 6.07) is -0.928. The Morgan fingerprint density at radius 1 is 1.78 bits per heavy atom. The van der Waals surface area contributed by atoms with Crippen LogP contribution in [0.1, 0.15) is 0 Å². The third-order valence-electron chi connectivity index (χ3n) is 0.736. The molecule has 0 aliphatic heterocycles. The Hall–Kier alpha value is -1.13. The van der Waals surface area contributed by atoms with Gasteiger partial charge in [0.1, 0.15) is 6.67 Å². The molecule has 52 valence electrons.